The second kappa shape index (κ2) is 63.8. The number of aliphatic hydroxyl groups is 1. The molecule has 2 unspecified atom stereocenters. The summed E-state index contributed by atoms with van der Waals surface area (Å²) in [6, 6.07) is 0. The number of carbonyl (C=O) groups excluding carboxylic acids is 4. The van der Waals surface area contributed by atoms with Crippen LogP contribution >= 0.6 is 15.6 Å². The molecule has 0 bridgehead atoms. The van der Waals surface area contributed by atoms with Crippen LogP contribution in [-0.4, -0.2) is 96.7 Å². The summed E-state index contributed by atoms with van der Waals surface area (Å²) in [5.41, 5.74) is 0. The number of aliphatic hydroxyl groups excluding tert-OH is 1. The number of phosphoric acid groups is 2. The van der Waals surface area contributed by atoms with Crippen LogP contribution in [0.5, 0.6) is 0 Å². The molecule has 0 aliphatic rings. The number of hydrogen-bond donors (Lipinski definition) is 3. The quantitative estimate of drug-likeness (QED) is 0.0222. The molecule has 0 aromatic rings. The van der Waals surface area contributed by atoms with Crippen molar-refractivity contribution in [3.63, 3.8) is 0 Å². The van der Waals surface area contributed by atoms with E-state index in [4.69, 9.17) is 37.0 Å². The van der Waals surface area contributed by atoms with Gasteiger partial charge in [-0.05, 0) is 43.4 Å². The summed E-state index contributed by atoms with van der Waals surface area (Å²) < 4.78 is 68.3. The van der Waals surface area contributed by atoms with Gasteiger partial charge in [0.05, 0.1) is 26.4 Å². The second-order valence-electron chi connectivity index (χ2n) is 27.8. The molecule has 0 aliphatic heterocycles. The smallest absolute Gasteiger partial charge is 0.462 e. The number of carbonyl (C=O) groups is 4. The molecular weight excluding hydrogens is 1210 g/mol. The summed E-state index contributed by atoms with van der Waals surface area (Å²) in [4.78, 5) is 72.6. The monoisotopic (exact) mass is 1350 g/mol. The van der Waals surface area contributed by atoms with Crippen molar-refractivity contribution in [1.29, 1.82) is 0 Å². The minimum atomic E-state index is -4.95. The third kappa shape index (κ3) is 66.7. The Morgan fingerprint density at radius 3 is 0.739 bits per heavy atom. The van der Waals surface area contributed by atoms with E-state index < -0.39 is 97.5 Å². The molecular formula is C73H142O17P2. The lowest BCUT2D eigenvalue weighted by molar-refractivity contribution is -0.161. The molecule has 0 aromatic heterocycles. The molecule has 17 nitrogen and oxygen atoms in total. The van der Waals surface area contributed by atoms with Gasteiger partial charge in [0.15, 0.2) is 12.2 Å². The molecule has 0 saturated heterocycles. The highest BCUT2D eigenvalue weighted by Gasteiger charge is 2.30. The normalized spacial score (nSPS) is 14.1. The Bertz CT molecular complexity index is 1800. The molecule has 0 saturated carbocycles. The van der Waals surface area contributed by atoms with Crippen LogP contribution in [0.15, 0.2) is 0 Å². The molecule has 0 heterocycles. The van der Waals surface area contributed by atoms with Crippen molar-refractivity contribution in [2.75, 3.05) is 39.6 Å². The molecule has 0 fully saturated rings. The predicted octanol–water partition coefficient (Wildman–Crippen LogP) is 21.0. The van der Waals surface area contributed by atoms with Gasteiger partial charge in [0.2, 0.25) is 0 Å². The maximum absolute atomic E-state index is 13.1. The number of ether oxygens (including phenoxy) is 4. The van der Waals surface area contributed by atoms with E-state index >= 15 is 0 Å². The second-order valence-corrected chi connectivity index (χ2v) is 30.7. The van der Waals surface area contributed by atoms with Gasteiger partial charge < -0.3 is 33.8 Å². The largest absolute Gasteiger partial charge is 0.472 e. The van der Waals surface area contributed by atoms with Crippen molar-refractivity contribution in [3.05, 3.63) is 0 Å². The summed E-state index contributed by atoms with van der Waals surface area (Å²) in [6.45, 7) is 11.7. The van der Waals surface area contributed by atoms with Crippen LogP contribution < -0.4 is 0 Å². The number of unbranched alkanes of at least 4 members (excludes halogenated alkanes) is 39. The Morgan fingerprint density at radius 2 is 0.500 bits per heavy atom. The van der Waals surface area contributed by atoms with E-state index in [1.54, 1.807) is 0 Å². The summed E-state index contributed by atoms with van der Waals surface area (Å²) in [5, 5.41) is 10.6. The zero-order valence-electron chi connectivity index (χ0n) is 60.0. The first-order valence-corrected chi connectivity index (χ1v) is 40.8. The van der Waals surface area contributed by atoms with Gasteiger partial charge in [-0.2, -0.15) is 0 Å². The van der Waals surface area contributed by atoms with Crippen LogP contribution in [0.4, 0.5) is 0 Å². The van der Waals surface area contributed by atoms with Crippen LogP contribution in [-0.2, 0) is 65.4 Å². The average molecular weight is 1350 g/mol. The maximum atomic E-state index is 13.1. The van der Waals surface area contributed by atoms with E-state index in [0.717, 1.165) is 102 Å². The molecule has 546 valence electrons. The van der Waals surface area contributed by atoms with Crippen molar-refractivity contribution in [1.82, 2.24) is 0 Å². The lowest BCUT2D eigenvalue weighted by Gasteiger charge is -2.21. The molecule has 5 atom stereocenters. The fraction of sp³-hybridized carbons (Fsp3) is 0.945. The summed E-state index contributed by atoms with van der Waals surface area (Å²) in [5.74, 6) is 0.0332. The van der Waals surface area contributed by atoms with E-state index in [1.165, 1.54) is 173 Å². The van der Waals surface area contributed by atoms with Crippen molar-refractivity contribution >= 4 is 39.5 Å². The van der Waals surface area contributed by atoms with Gasteiger partial charge in [-0.1, -0.05) is 318 Å². The summed E-state index contributed by atoms with van der Waals surface area (Å²) in [7, 11) is -9.90. The minimum absolute atomic E-state index is 0.103. The highest BCUT2D eigenvalue weighted by atomic mass is 31.2. The first kappa shape index (κ1) is 90.1. The van der Waals surface area contributed by atoms with Gasteiger partial charge in [0.25, 0.3) is 0 Å². The standard InChI is InChI=1S/C73H142O17P2/c1-8-9-10-11-12-13-14-15-16-17-18-19-20-21-22-27-34-42-49-56-72(77)89-68(60-83-70(75)54-47-40-33-26-24-23-25-30-37-44-51-64(2)3)62-87-91(79,80)85-58-67(74)59-86-92(81,82)88-63-69(90-73(78)57-50-43-36-29-32-39-46-53-66(6)7)61-84-71(76)55-48-41-35-28-31-38-45-52-65(4)5/h64-69,74H,8-63H2,1-7H3,(H,79,80)(H,81,82)/t67-,68-,69-/m1/s1. The Morgan fingerprint density at radius 1 is 0.293 bits per heavy atom. The minimum Gasteiger partial charge on any atom is -0.462 e. The van der Waals surface area contributed by atoms with E-state index in [-0.39, 0.29) is 25.7 Å². The highest BCUT2D eigenvalue weighted by Crippen LogP contribution is 2.45. The first-order valence-electron chi connectivity index (χ1n) is 37.8. The van der Waals surface area contributed by atoms with E-state index in [9.17, 15) is 43.2 Å². The molecule has 19 heteroatoms. The van der Waals surface area contributed by atoms with Gasteiger partial charge in [0, 0.05) is 25.7 Å². The third-order valence-electron chi connectivity index (χ3n) is 16.9. The highest BCUT2D eigenvalue weighted by molar-refractivity contribution is 7.47. The molecule has 0 aliphatic carbocycles. The Labute approximate surface area is 562 Å². The lowest BCUT2D eigenvalue weighted by atomic mass is 10.0. The van der Waals surface area contributed by atoms with Gasteiger partial charge >= 0.3 is 39.5 Å². The van der Waals surface area contributed by atoms with Crippen LogP contribution in [0, 0.1) is 17.8 Å². The lowest BCUT2D eigenvalue weighted by Crippen LogP contribution is -2.30. The van der Waals surface area contributed by atoms with E-state index in [0.29, 0.717) is 37.5 Å². The fourth-order valence-corrected chi connectivity index (χ4v) is 12.7. The van der Waals surface area contributed by atoms with Gasteiger partial charge in [-0.3, -0.25) is 37.3 Å². The van der Waals surface area contributed by atoms with Gasteiger partial charge in [0.1, 0.15) is 19.3 Å². The van der Waals surface area contributed by atoms with Crippen molar-refractivity contribution in [2.24, 2.45) is 17.8 Å². The molecule has 0 rings (SSSR count). The van der Waals surface area contributed by atoms with E-state index in [1.807, 2.05) is 0 Å². The van der Waals surface area contributed by atoms with Crippen molar-refractivity contribution in [3.8, 4) is 0 Å². The molecule has 92 heavy (non-hydrogen) atoms. The van der Waals surface area contributed by atoms with Crippen LogP contribution in [0.2, 0.25) is 0 Å². The van der Waals surface area contributed by atoms with Gasteiger partial charge in [-0.25, -0.2) is 9.13 Å². The first-order chi connectivity index (χ1) is 44.2. The number of phosphoric ester groups is 2. The zero-order valence-corrected chi connectivity index (χ0v) is 61.8. The SMILES string of the molecule is CCCCCCCCCCCCCCCCCCCCCC(=O)O[C@H](COC(=O)CCCCCCCCCCCCC(C)C)COP(=O)(O)OC[C@@H](O)COP(=O)(O)OC[C@@H](COC(=O)CCCCCCCCCC(C)C)OC(=O)CCCCCCCCCC(C)C. The molecule has 0 spiro atoms. The van der Waals surface area contributed by atoms with Crippen molar-refractivity contribution in [2.45, 2.75) is 388 Å². The summed E-state index contributed by atoms with van der Waals surface area (Å²) in [6.07, 6.45) is 48.9. The average Bonchev–Trinajstić information content (AvgIpc) is 1.81. The van der Waals surface area contributed by atoms with Crippen LogP contribution in [0.1, 0.15) is 370 Å². The Hall–Kier alpha value is -1.94. The van der Waals surface area contributed by atoms with Gasteiger partial charge in [-0.15, -0.1) is 0 Å². The number of hydrogen-bond acceptors (Lipinski definition) is 15. The summed E-state index contributed by atoms with van der Waals surface area (Å²) >= 11 is 0. The molecule has 0 amide bonds. The number of esters is 4. The Kier molecular flexibility index (Phi) is 62.4. The molecule has 0 radical (unpaired) electrons. The molecule has 3 N–H and O–H groups in total. The Balaban J connectivity index is 5.21. The third-order valence-corrected chi connectivity index (χ3v) is 18.8. The van der Waals surface area contributed by atoms with Crippen LogP contribution in [0.3, 0.4) is 0 Å². The zero-order chi connectivity index (χ0) is 68.0. The maximum Gasteiger partial charge on any atom is 0.472 e. The molecule has 0 aromatic carbocycles. The van der Waals surface area contributed by atoms with Crippen LogP contribution in [0.25, 0.3) is 0 Å². The number of rotatable bonds is 71. The topological polar surface area (TPSA) is 237 Å². The van der Waals surface area contributed by atoms with Crippen molar-refractivity contribution < 1.29 is 80.2 Å². The van der Waals surface area contributed by atoms with E-state index in [2.05, 4.69) is 48.5 Å². The predicted molar refractivity (Wildman–Crippen MR) is 372 cm³/mol. The fourth-order valence-electron chi connectivity index (χ4n) is 11.1.